The van der Waals surface area contributed by atoms with Crippen LogP contribution in [0.15, 0.2) is 40.9 Å². The van der Waals surface area contributed by atoms with Crippen LogP contribution in [0.3, 0.4) is 0 Å². The van der Waals surface area contributed by atoms with Crippen LogP contribution in [0, 0.1) is 5.82 Å². The minimum absolute atomic E-state index is 0.300. The predicted molar refractivity (Wildman–Crippen MR) is 73.5 cm³/mol. The lowest BCUT2D eigenvalue weighted by Crippen LogP contribution is -1.99. The number of ether oxygens (including phenoxy) is 1. The van der Waals surface area contributed by atoms with Crippen LogP contribution in [0.25, 0.3) is 0 Å². The molecule has 0 unspecified atom stereocenters. The van der Waals surface area contributed by atoms with E-state index < -0.39 is 0 Å². The van der Waals surface area contributed by atoms with Gasteiger partial charge < -0.3 is 10.5 Å². The molecule has 94 valence electrons. The lowest BCUT2D eigenvalue weighted by atomic mass is 10.2. The zero-order chi connectivity index (χ0) is 13.1. The molecular weight excluding hydrogens is 321 g/mol. The van der Waals surface area contributed by atoms with Gasteiger partial charge in [-0.2, -0.15) is 0 Å². The molecule has 2 N–H and O–H groups in total. The standard InChI is InChI=1S/C13H10BrClFNO/c14-11-3-2-10(6-12(11)16)18-13-4-1-9(15)5-8(13)7-17/h1-6H,7,17H2. The number of hydrogen-bond acceptors (Lipinski definition) is 2. The van der Waals surface area contributed by atoms with Crippen LogP contribution in [0.4, 0.5) is 4.39 Å². The summed E-state index contributed by atoms with van der Waals surface area (Å²) in [5.74, 6) is 0.604. The Morgan fingerprint density at radius 1 is 1.22 bits per heavy atom. The molecule has 0 aliphatic carbocycles. The summed E-state index contributed by atoms with van der Waals surface area (Å²) in [6.45, 7) is 0.300. The van der Waals surface area contributed by atoms with Gasteiger partial charge in [0.25, 0.3) is 0 Å². The highest BCUT2D eigenvalue weighted by Gasteiger charge is 2.07. The van der Waals surface area contributed by atoms with E-state index in [0.717, 1.165) is 5.56 Å². The van der Waals surface area contributed by atoms with Crippen molar-refractivity contribution in [2.24, 2.45) is 5.73 Å². The number of hydrogen-bond donors (Lipinski definition) is 1. The van der Waals surface area contributed by atoms with Gasteiger partial charge in [-0.15, -0.1) is 0 Å². The molecule has 0 amide bonds. The molecule has 0 fully saturated rings. The van der Waals surface area contributed by atoms with Gasteiger partial charge in [-0.1, -0.05) is 11.6 Å². The molecule has 0 radical (unpaired) electrons. The maximum absolute atomic E-state index is 13.4. The molecule has 0 aliphatic heterocycles. The number of benzene rings is 2. The number of halogens is 3. The van der Waals surface area contributed by atoms with E-state index in [1.54, 1.807) is 30.3 Å². The van der Waals surface area contributed by atoms with Crippen molar-refractivity contribution in [3.05, 3.63) is 57.3 Å². The number of nitrogens with two attached hydrogens (primary N) is 1. The van der Waals surface area contributed by atoms with E-state index in [0.29, 0.717) is 27.5 Å². The average molecular weight is 331 g/mol. The summed E-state index contributed by atoms with van der Waals surface area (Å²) >= 11 is 8.95. The summed E-state index contributed by atoms with van der Waals surface area (Å²) in [5.41, 5.74) is 6.38. The summed E-state index contributed by atoms with van der Waals surface area (Å²) in [4.78, 5) is 0. The molecule has 0 aliphatic rings. The molecule has 0 atom stereocenters. The van der Waals surface area contributed by atoms with Crippen LogP contribution in [-0.2, 0) is 6.54 Å². The van der Waals surface area contributed by atoms with Crippen molar-refractivity contribution in [3.8, 4) is 11.5 Å². The Morgan fingerprint density at radius 3 is 2.67 bits per heavy atom. The van der Waals surface area contributed by atoms with Gasteiger partial charge in [0.05, 0.1) is 4.47 Å². The van der Waals surface area contributed by atoms with Crippen LogP contribution in [0.2, 0.25) is 5.02 Å². The van der Waals surface area contributed by atoms with E-state index in [-0.39, 0.29) is 5.82 Å². The van der Waals surface area contributed by atoms with Gasteiger partial charge in [-0.05, 0) is 46.3 Å². The molecule has 5 heteroatoms. The van der Waals surface area contributed by atoms with Crippen molar-refractivity contribution in [2.45, 2.75) is 6.54 Å². The topological polar surface area (TPSA) is 35.2 Å². The van der Waals surface area contributed by atoms with Gasteiger partial charge in [-0.3, -0.25) is 0 Å². The first-order valence-corrected chi connectivity index (χ1v) is 6.38. The van der Waals surface area contributed by atoms with Crippen LogP contribution in [-0.4, -0.2) is 0 Å². The van der Waals surface area contributed by atoms with E-state index in [9.17, 15) is 4.39 Å². The maximum Gasteiger partial charge on any atom is 0.141 e. The fraction of sp³-hybridized carbons (Fsp3) is 0.0769. The molecule has 2 nitrogen and oxygen atoms in total. The highest BCUT2D eigenvalue weighted by molar-refractivity contribution is 9.10. The third-order valence-corrected chi connectivity index (χ3v) is 3.24. The Hall–Kier alpha value is -1.10. The molecule has 0 heterocycles. The van der Waals surface area contributed by atoms with E-state index in [1.807, 2.05) is 0 Å². The third-order valence-electron chi connectivity index (χ3n) is 2.36. The van der Waals surface area contributed by atoms with Gasteiger partial charge in [0.15, 0.2) is 0 Å². The Bertz CT molecular complexity index is 577. The lowest BCUT2D eigenvalue weighted by Gasteiger charge is -2.10. The van der Waals surface area contributed by atoms with Crippen molar-refractivity contribution in [1.29, 1.82) is 0 Å². The molecule has 0 saturated carbocycles. The Morgan fingerprint density at radius 2 is 2.00 bits per heavy atom. The minimum atomic E-state index is -0.379. The fourth-order valence-corrected chi connectivity index (χ4v) is 1.92. The van der Waals surface area contributed by atoms with Crippen LogP contribution < -0.4 is 10.5 Å². The molecule has 2 aromatic carbocycles. The first kappa shape index (κ1) is 13.3. The summed E-state index contributed by atoms with van der Waals surface area (Å²) in [5, 5.41) is 0.588. The average Bonchev–Trinajstić information content (AvgIpc) is 2.36. The molecule has 0 bridgehead atoms. The van der Waals surface area contributed by atoms with E-state index in [1.165, 1.54) is 6.07 Å². The monoisotopic (exact) mass is 329 g/mol. The molecule has 0 spiro atoms. The minimum Gasteiger partial charge on any atom is -0.457 e. The molecule has 2 aromatic rings. The molecule has 0 aromatic heterocycles. The van der Waals surface area contributed by atoms with Crippen LogP contribution >= 0.6 is 27.5 Å². The van der Waals surface area contributed by atoms with Gasteiger partial charge in [-0.25, -0.2) is 4.39 Å². The summed E-state index contributed by atoms with van der Waals surface area (Å²) in [7, 11) is 0. The Balaban J connectivity index is 2.30. The van der Waals surface area contributed by atoms with E-state index >= 15 is 0 Å². The van der Waals surface area contributed by atoms with Crippen LogP contribution in [0.5, 0.6) is 11.5 Å². The van der Waals surface area contributed by atoms with Gasteiger partial charge in [0, 0.05) is 23.2 Å². The molecule has 18 heavy (non-hydrogen) atoms. The van der Waals surface area contributed by atoms with Gasteiger partial charge in [0.2, 0.25) is 0 Å². The summed E-state index contributed by atoms with van der Waals surface area (Å²) in [6.07, 6.45) is 0. The largest absolute Gasteiger partial charge is 0.457 e. The van der Waals surface area contributed by atoms with Crippen LogP contribution in [0.1, 0.15) is 5.56 Å². The van der Waals surface area contributed by atoms with Gasteiger partial charge >= 0.3 is 0 Å². The van der Waals surface area contributed by atoms with E-state index in [2.05, 4.69) is 15.9 Å². The second-order valence-electron chi connectivity index (χ2n) is 3.63. The smallest absolute Gasteiger partial charge is 0.141 e. The van der Waals surface area contributed by atoms with E-state index in [4.69, 9.17) is 22.1 Å². The Labute approximate surface area is 118 Å². The zero-order valence-corrected chi connectivity index (χ0v) is 11.6. The molecule has 0 saturated heterocycles. The highest BCUT2D eigenvalue weighted by Crippen LogP contribution is 2.29. The highest BCUT2D eigenvalue weighted by atomic mass is 79.9. The Kier molecular flexibility index (Phi) is 4.22. The fourth-order valence-electron chi connectivity index (χ4n) is 1.47. The third kappa shape index (κ3) is 3.02. The first-order chi connectivity index (χ1) is 8.60. The van der Waals surface area contributed by atoms with Crippen molar-refractivity contribution in [3.63, 3.8) is 0 Å². The van der Waals surface area contributed by atoms with Crippen molar-refractivity contribution >= 4 is 27.5 Å². The first-order valence-electron chi connectivity index (χ1n) is 5.21. The normalized spacial score (nSPS) is 10.4. The SMILES string of the molecule is NCc1cc(Cl)ccc1Oc1ccc(Br)c(F)c1. The second kappa shape index (κ2) is 5.69. The van der Waals surface area contributed by atoms with Gasteiger partial charge in [0.1, 0.15) is 17.3 Å². The number of rotatable bonds is 3. The molecule has 2 rings (SSSR count). The molecular formula is C13H10BrClFNO. The van der Waals surface area contributed by atoms with Crippen molar-refractivity contribution < 1.29 is 9.13 Å². The second-order valence-corrected chi connectivity index (χ2v) is 4.92. The quantitative estimate of drug-likeness (QED) is 0.899. The maximum atomic E-state index is 13.4. The van der Waals surface area contributed by atoms with Crippen molar-refractivity contribution in [2.75, 3.05) is 0 Å². The summed E-state index contributed by atoms with van der Waals surface area (Å²) in [6, 6.07) is 9.70. The zero-order valence-electron chi connectivity index (χ0n) is 9.29. The lowest BCUT2D eigenvalue weighted by molar-refractivity contribution is 0.470. The summed E-state index contributed by atoms with van der Waals surface area (Å²) < 4.78 is 19.3. The predicted octanol–water partition coefficient (Wildman–Crippen LogP) is 4.49. The van der Waals surface area contributed by atoms with Crippen molar-refractivity contribution in [1.82, 2.24) is 0 Å².